The second-order valence-corrected chi connectivity index (χ2v) is 2.12. The average molecular weight is 155 g/mol. The molecular weight excluding hydrogens is 152 g/mol. The third-order valence-electron chi connectivity index (χ3n) is 0.327. The van der Waals surface area contributed by atoms with E-state index in [0.717, 1.165) is 0 Å². The molecule has 0 rings (SSSR count). The number of carboxylic acid groups (broad SMARTS) is 1. The molecule has 0 bridgehead atoms. The van der Waals surface area contributed by atoms with Crippen molar-refractivity contribution in [2.75, 3.05) is 6.61 Å². The average Bonchev–Trinajstić information content (AvgIpc) is 1.59. The van der Waals surface area contributed by atoms with Crippen molar-refractivity contribution in [1.82, 2.24) is 0 Å². The molecule has 7 heteroatoms. The second-order valence-electron chi connectivity index (χ2n) is 1.06. The molecule has 0 spiro atoms. The largest absolute Gasteiger partial charge is 0.726 e. The molecule has 9 heavy (non-hydrogen) atoms. The van der Waals surface area contributed by atoms with Gasteiger partial charge in [-0.2, -0.15) is 0 Å². The van der Waals surface area contributed by atoms with Crippen LogP contribution in [0.25, 0.3) is 0 Å². The summed E-state index contributed by atoms with van der Waals surface area (Å²) in [5.74, 6) is -1.51. The number of aliphatic carboxylic acids is 1. The lowest BCUT2D eigenvalue weighted by molar-refractivity contribution is -0.139. The Morgan fingerprint density at radius 2 is 2.11 bits per heavy atom. The molecule has 0 unspecified atom stereocenters. The van der Waals surface area contributed by atoms with Gasteiger partial charge < -0.3 is 9.66 Å². The van der Waals surface area contributed by atoms with Crippen molar-refractivity contribution < 1.29 is 27.1 Å². The van der Waals surface area contributed by atoms with E-state index in [9.17, 15) is 17.8 Å². The summed E-state index contributed by atoms with van der Waals surface area (Å²) < 4.78 is 31.8. The molecule has 0 aromatic rings. The number of hydrogen-bond donors (Lipinski definition) is 1. The van der Waals surface area contributed by atoms with Gasteiger partial charge in [0.05, 0.1) is 0 Å². The molecule has 0 fully saturated rings. The second kappa shape index (κ2) is 2.76. The highest BCUT2D eigenvalue weighted by Crippen LogP contribution is 1.82. The van der Waals surface area contributed by atoms with E-state index in [1.54, 1.807) is 0 Å². The van der Waals surface area contributed by atoms with Gasteiger partial charge in [0.1, 0.15) is 0 Å². The van der Waals surface area contributed by atoms with E-state index in [-0.39, 0.29) is 0 Å². The molecule has 0 amide bonds. The smallest absolute Gasteiger partial charge is 0.331 e. The van der Waals surface area contributed by atoms with Crippen LogP contribution < -0.4 is 0 Å². The molecular formula is C2H3O6S-. The quantitative estimate of drug-likeness (QED) is 0.395. The van der Waals surface area contributed by atoms with Gasteiger partial charge in [-0.05, 0) is 0 Å². The van der Waals surface area contributed by atoms with Gasteiger partial charge >= 0.3 is 5.97 Å². The summed E-state index contributed by atoms with van der Waals surface area (Å²) in [5.41, 5.74) is 0. The lowest BCUT2D eigenvalue weighted by Crippen LogP contribution is -2.12. The van der Waals surface area contributed by atoms with Crippen LogP contribution in [0.3, 0.4) is 0 Å². The molecule has 0 heterocycles. The maximum atomic E-state index is 9.52. The fourth-order valence-corrected chi connectivity index (χ4v) is 0.368. The van der Waals surface area contributed by atoms with Crippen molar-refractivity contribution in [3.05, 3.63) is 0 Å². The maximum Gasteiger partial charge on any atom is 0.331 e. The highest BCUT2D eigenvalue weighted by atomic mass is 32.3. The molecule has 0 atom stereocenters. The van der Waals surface area contributed by atoms with Crippen molar-refractivity contribution in [2.24, 2.45) is 0 Å². The molecule has 0 aliphatic carbocycles. The zero-order chi connectivity index (χ0) is 7.49. The Kier molecular flexibility index (Phi) is 2.56. The van der Waals surface area contributed by atoms with E-state index in [4.69, 9.17) is 5.11 Å². The highest BCUT2D eigenvalue weighted by Gasteiger charge is 1.99. The lowest BCUT2D eigenvalue weighted by atomic mass is 10.8. The van der Waals surface area contributed by atoms with Crippen LogP contribution >= 0.6 is 0 Å². The molecule has 6 nitrogen and oxygen atoms in total. The fourth-order valence-electron chi connectivity index (χ4n) is 0.123. The first-order valence-corrected chi connectivity index (χ1v) is 3.07. The SMILES string of the molecule is O=C(O)COS(=O)(=O)[O-]. The molecule has 54 valence electrons. The molecule has 0 aliphatic heterocycles. The van der Waals surface area contributed by atoms with Gasteiger partial charge in [0.2, 0.25) is 10.4 Å². The Labute approximate surface area is 51.0 Å². The van der Waals surface area contributed by atoms with E-state index in [2.05, 4.69) is 4.18 Å². The van der Waals surface area contributed by atoms with Gasteiger partial charge in [-0.1, -0.05) is 0 Å². The van der Waals surface area contributed by atoms with E-state index in [0.29, 0.717) is 0 Å². The van der Waals surface area contributed by atoms with Gasteiger partial charge in [-0.3, -0.25) is 4.18 Å². The van der Waals surface area contributed by atoms with E-state index in [1.807, 2.05) is 0 Å². The number of rotatable bonds is 3. The van der Waals surface area contributed by atoms with Crippen LogP contribution in [0, 0.1) is 0 Å². The summed E-state index contributed by atoms with van der Waals surface area (Å²) in [4.78, 5) is 9.52. The number of carbonyl (C=O) groups is 1. The van der Waals surface area contributed by atoms with Crippen LogP contribution in [-0.4, -0.2) is 30.7 Å². The zero-order valence-electron chi connectivity index (χ0n) is 4.10. The summed E-state index contributed by atoms with van der Waals surface area (Å²) >= 11 is 0. The minimum Gasteiger partial charge on any atom is -0.726 e. The van der Waals surface area contributed by atoms with E-state index < -0.39 is 23.0 Å². The van der Waals surface area contributed by atoms with Crippen LogP contribution in [-0.2, 0) is 19.4 Å². The Morgan fingerprint density at radius 1 is 1.67 bits per heavy atom. The predicted molar refractivity (Wildman–Crippen MR) is 23.3 cm³/mol. The zero-order valence-corrected chi connectivity index (χ0v) is 4.92. The van der Waals surface area contributed by atoms with Crippen molar-refractivity contribution in [1.29, 1.82) is 0 Å². The van der Waals surface area contributed by atoms with Crippen molar-refractivity contribution in [2.45, 2.75) is 0 Å². The molecule has 0 saturated carbocycles. The summed E-state index contributed by atoms with van der Waals surface area (Å²) in [7, 11) is -4.85. The summed E-state index contributed by atoms with van der Waals surface area (Å²) in [6.45, 7) is -1.12. The first kappa shape index (κ1) is 8.34. The normalized spacial score (nSPS) is 11.2. The topological polar surface area (TPSA) is 104 Å². The van der Waals surface area contributed by atoms with Gasteiger partial charge in [-0.25, -0.2) is 13.2 Å². The van der Waals surface area contributed by atoms with Crippen molar-refractivity contribution >= 4 is 16.4 Å². The van der Waals surface area contributed by atoms with E-state index in [1.165, 1.54) is 0 Å². The van der Waals surface area contributed by atoms with Crippen molar-refractivity contribution in [3.8, 4) is 0 Å². The Bertz CT molecular complexity index is 189. The first-order chi connectivity index (χ1) is 3.92. The Morgan fingerprint density at radius 3 is 2.22 bits per heavy atom. The Hall–Kier alpha value is -0.660. The van der Waals surface area contributed by atoms with Crippen LogP contribution in [0.2, 0.25) is 0 Å². The monoisotopic (exact) mass is 155 g/mol. The molecule has 1 N–H and O–H groups in total. The maximum absolute atomic E-state index is 9.52. The third-order valence-corrected chi connectivity index (χ3v) is 0.733. The highest BCUT2D eigenvalue weighted by molar-refractivity contribution is 7.80. The van der Waals surface area contributed by atoms with Crippen LogP contribution in [0.4, 0.5) is 0 Å². The van der Waals surface area contributed by atoms with Crippen LogP contribution in [0.5, 0.6) is 0 Å². The summed E-state index contributed by atoms with van der Waals surface area (Å²) in [6.07, 6.45) is 0. The molecule has 0 saturated heterocycles. The lowest BCUT2D eigenvalue weighted by Gasteiger charge is -2.02. The first-order valence-electron chi connectivity index (χ1n) is 1.74. The summed E-state index contributed by atoms with van der Waals surface area (Å²) in [6, 6.07) is 0. The molecule has 0 aromatic heterocycles. The minimum atomic E-state index is -4.85. The fraction of sp³-hybridized carbons (Fsp3) is 0.500. The molecule has 0 radical (unpaired) electrons. The van der Waals surface area contributed by atoms with Gasteiger partial charge in [-0.15, -0.1) is 0 Å². The third kappa shape index (κ3) is 7.34. The molecule has 0 aromatic carbocycles. The molecule has 0 aliphatic rings. The minimum absolute atomic E-state index is 1.12. The van der Waals surface area contributed by atoms with Crippen molar-refractivity contribution in [3.63, 3.8) is 0 Å². The van der Waals surface area contributed by atoms with Gasteiger partial charge in [0.15, 0.2) is 6.61 Å². The predicted octanol–water partition coefficient (Wildman–Crippen LogP) is -1.45. The van der Waals surface area contributed by atoms with Crippen LogP contribution in [0.1, 0.15) is 0 Å². The van der Waals surface area contributed by atoms with Crippen LogP contribution in [0.15, 0.2) is 0 Å². The number of carboxylic acids is 1. The summed E-state index contributed by atoms with van der Waals surface area (Å²) in [5, 5.41) is 7.75. The van der Waals surface area contributed by atoms with Gasteiger partial charge in [0.25, 0.3) is 0 Å². The number of hydrogen-bond acceptors (Lipinski definition) is 5. The van der Waals surface area contributed by atoms with Gasteiger partial charge in [0, 0.05) is 0 Å². The standard InChI is InChI=1S/C2H4O6S/c3-2(4)1-8-9(5,6)7/h1H2,(H,3,4)(H,5,6,7)/p-1. The Balaban J connectivity index is 3.67. The van der Waals surface area contributed by atoms with E-state index >= 15 is 0 Å².